The van der Waals surface area contributed by atoms with Gasteiger partial charge in [-0.3, -0.25) is 0 Å². The molecule has 1 aromatic heterocycles. The van der Waals surface area contributed by atoms with Crippen molar-refractivity contribution in [3.05, 3.63) is 24.4 Å². The Morgan fingerprint density at radius 1 is 1.56 bits per heavy atom. The predicted molar refractivity (Wildman–Crippen MR) is 65.7 cm³/mol. The van der Waals surface area contributed by atoms with E-state index >= 15 is 0 Å². The van der Waals surface area contributed by atoms with E-state index in [9.17, 15) is 4.79 Å². The van der Waals surface area contributed by atoms with Crippen molar-refractivity contribution >= 4 is 27.7 Å². The summed E-state index contributed by atoms with van der Waals surface area (Å²) in [5.74, 6) is 0. The Kier molecular flexibility index (Phi) is 4.95. The maximum absolute atomic E-state index is 10.3. The molecule has 0 radical (unpaired) electrons. The molecule has 0 bridgehead atoms. The summed E-state index contributed by atoms with van der Waals surface area (Å²) in [5.41, 5.74) is 0. The van der Waals surface area contributed by atoms with Crippen molar-refractivity contribution in [2.24, 2.45) is 0 Å². The topological polar surface area (TPSA) is 59.4 Å². The first kappa shape index (κ1) is 13.2. The highest BCUT2D eigenvalue weighted by molar-refractivity contribution is 8.77. The van der Waals surface area contributed by atoms with E-state index in [4.69, 9.17) is 5.11 Å². The van der Waals surface area contributed by atoms with Gasteiger partial charge in [0.2, 0.25) is 0 Å². The number of carbonyl (C=O) groups is 1. The van der Waals surface area contributed by atoms with Gasteiger partial charge >= 0.3 is 6.16 Å². The van der Waals surface area contributed by atoms with Crippen molar-refractivity contribution in [2.75, 3.05) is 6.61 Å². The summed E-state index contributed by atoms with van der Waals surface area (Å²) in [5, 5.41) is 9.31. The largest absolute Gasteiger partial charge is 0.505 e. The summed E-state index contributed by atoms with van der Waals surface area (Å²) >= 11 is 0. The van der Waals surface area contributed by atoms with Crippen LogP contribution in [0, 0.1) is 0 Å². The molecule has 0 aliphatic heterocycles. The van der Waals surface area contributed by atoms with Gasteiger partial charge in [-0.1, -0.05) is 16.9 Å². The second kappa shape index (κ2) is 6.00. The molecule has 0 aromatic carbocycles. The summed E-state index contributed by atoms with van der Waals surface area (Å²) < 4.78 is 4.28. The molecule has 0 aliphatic carbocycles. The lowest BCUT2D eigenvalue weighted by Crippen LogP contribution is -2.23. The molecule has 0 amide bonds. The first-order valence-corrected chi connectivity index (χ1v) is 6.77. The van der Waals surface area contributed by atoms with Crippen LogP contribution >= 0.6 is 21.6 Å². The number of hydrogen-bond acceptors (Lipinski definition) is 5. The van der Waals surface area contributed by atoms with Crippen molar-refractivity contribution in [2.45, 2.75) is 23.6 Å². The third-order valence-electron chi connectivity index (χ3n) is 1.53. The number of aromatic nitrogens is 1. The molecule has 16 heavy (non-hydrogen) atoms. The Morgan fingerprint density at radius 3 is 2.88 bits per heavy atom. The van der Waals surface area contributed by atoms with Crippen LogP contribution in [-0.4, -0.2) is 27.6 Å². The van der Waals surface area contributed by atoms with Crippen molar-refractivity contribution in [3.8, 4) is 0 Å². The van der Waals surface area contributed by atoms with Gasteiger partial charge in [0.1, 0.15) is 11.6 Å². The van der Waals surface area contributed by atoms with E-state index in [1.165, 1.54) is 21.6 Å². The standard InChI is InChI=1S/C10H13NO3S2/c1-10(2,7-14-9(12)13)16-15-8-5-3-4-6-11-8/h3-6H,7H2,1-2H3,(H,12,13). The van der Waals surface area contributed by atoms with Crippen LogP contribution in [0.15, 0.2) is 29.4 Å². The zero-order chi connectivity index (χ0) is 12.0. The highest BCUT2D eigenvalue weighted by atomic mass is 33.1. The van der Waals surface area contributed by atoms with Crippen molar-refractivity contribution in [3.63, 3.8) is 0 Å². The van der Waals surface area contributed by atoms with E-state index in [2.05, 4.69) is 9.72 Å². The van der Waals surface area contributed by atoms with Crippen LogP contribution in [0.25, 0.3) is 0 Å². The lowest BCUT2D eigenvalue weighted by Gasteiger charge is -2.21. The molecule has 0 saturated carbocycles. The maximum Gasteiger partial charge on any atom is 0.505 e. The molecule has 0 spiro atoms. The van der Waals surface area contributed by atoms with Crippen molar-refractivity contribution in [1.82, 2.24) is 4.98 Å². The molecule has 0 atom stereocenters. The fourth-order valence-corrected chi connectivity index (χ4v) is 2.84. The summed E-state index contributed by atoms with van der Waals surface area (Å²) in [6.07, 6.45) is 0.486. The summed E-state index contributed by atoms with van der Waals surface area (Å²) in [7, 11) is 3.05. The average Bonchev–Trinajstić information content (AvgIpc) is 2.26. The first-order chi connectivity index (χ1) is 7.49. The van der Waals surface area contributed by atoms with Gasteiger partial charge < -0.3 is 9.84 Å². The second-order valence-corrected chi connectivity index (χ2v) is 6.51. The van der Waals surface area contributed by atoms with Crippen LogP contribution in [0.4, 0.5) is 4.79 Å². The van der Waals surface area contributed by atoms with Gasteiger partial charge in [0.15, 0.2) is 0 Å². The third-order valence-corrected chi connectivity index (χ3v) is 4.71. The molecule has 6 heteroatoms. The number of carboxylic acid groups (broad SMARTS) is 1. The normalized spacial score (nSPS) is 11.1. The number of nitrogens with zero attached hydrogens (tertiary/aromatic N) is 1. The van der Waals surface area contributed by atoms with Gasteiger partial charge in [0.05, 0.1) is 4.75 Å². The molecular formula is C10H13NO3S2. The zero-order valence-electron chi connectivity index (χ0n) is 9.04. The molecule has 1 rings (SSSR count). The number of hydrogen-bond donors (Lipinski definition) is 1. The Labute approximate surface area is 102 Å². The highest BCUT2D eigenvalue weighted by Crippen LogP contribution is 2.39. The van der Waals surface area contributed by atoms with E-state index in [1.807, 2.05) is 32.0 Å². The van der Waals surface area contributed by atoms with Crippen LogP contribution in [-0.2, 0) is 4.74 Å². The fourth-order valence-electron chi connectivity index (χ4n) is 0.811. The molecule has 1 aromatic rings. The third kappa shape index (κ3) is 5.27. The number of ether oxygens (including phenoxy) is 1. The SMILES string of the molecule is CC(C)(COC(=O)O)SSc1ccccn1. The second-order valence-electron chi connectivity index (χ2n) is 3.65. The Balaban J connectivity index is 2.38. The molecule has 0 fully saturated rings. The minimum Gasteiger partial charge on any atom is -0.450 e. The van der Waals surface area contributed by atoms with Crippen LogP contribution in [0.1, 0.15) is 13.8 Å². The van der Waals surface area contributed by atoms with Gasteiger partial charge in [0.25, 0.3) is 0 Å². The van der Waals surface area contributed by atoms with Gasteiger partial charge in [-0.05, 0) is 36.8 Å². The molecule has 0 aliphatic rings. The smallest absolute Gasteiger partial charge is 0.450 e. The van der Waals surface area contributed by atoms with Gasteiger partial charge in [-0.25, -0.2) is 9.78 Å². The Hall–Kier alpha value is -0.880. The van der Waals surface area contributed by atoms with Crippen molar-refractivity contribution in [1.29, 1.82) is 0 Å². The molecule has 4 nitrogen and oxygen atoms in total. The van der Waals surface area contributed by atoms with Crippen LogP contribution in [0.5, 0.6) is 0 Å². The van der Waals surface area contributed by atoms with E-state index in [0.717, 1.165) is 5.03 Å². The average molecular weight is 259 g/mol. The number of pyridine rings is 1. The molecule has 1 N–H and O–H groups in total. The first-order valence-electron chi connectivity index (χ1n) is 4.62. The zero-order valence-corrected chi connectivity index (χ0v) is 10.7. The highest BCUT2D eigenvalue weighted by Gasteiger charge is 2.22. The Bertz CT molecular complexity index is 343. The van der Waals surface area contributed by atoms with Crippen LogP contribution in [0.3, 0.4) is 0 Å². The Morgan fingerprint density at radius 2 is 2.31 bits per heavy atom. The minimum atomic E-state index is -1.24. The molecule has 88 valence electrons. The van der Waals surface area contributed by atoms with Crippen molar-refractivity contribution < 1.29 is 14.6 Å². The monoisotopic (exact) mass is 259 g/mol. The fraction of sp³-hybridized carbons (Fsp3) is 0.400. The van der Waals surface area contributed by atoms with Gasteiger partial charge in [-0.15, -0.1) is 0 Å². The molecule has 0 saturated heterocycles. The van der Waals surface area contributed by atoms with E-state index in [-0.39, 0.29) is 11.4 Å². The quantitative estimate of drug-likeness (QED) is 0.646. The van der Waals surface area contributed by atoms with Gasteiger partial charge in [-0.2, -0.15) is 0 Å². The van der Waals surface area contributed by atoms with Crippen LogP contribution in [0.2, 0.25) is 0 Å². The minimum absolute atomic E-state index is 0.160. The summed E-state index contributed by atoms with van der Waals surface area (Å²) in [4.78, 5) is 14.4. The number of rotatable bonds is 5. The van der Waals surface area contributed by atoms with E-state index in [0.29, 0.717) is 0 Å². The predicted octanol–water partition coefficient (Wildman–Crippen LogP) is 3.30. The lowest BCUT2D eigenvalue weighted by molar-refractivity contribution is 0.0857. The molecule has 1 heterocycles. The molecular weight excluding hydrogens is 246 g/mol. The van der Waals surface area contributed by atoms with E-state index in [1.54, 1.807) is 6.20 Å². The summed E-state index contributed by atoms with van der Waals surface area (Å²) in [6.45, 7) is 4.01. The van der Waals surface area contributed by atoms with Gasteiger partial charge in [0, 0.05) is 6.20 Å². The van der Waals surface area contributed by atoms with Crippen LogP contribution < -0.4 is 0 Å². The molecule has 0 unspecified atom stereocenters. The lowest BCUT2D eigenvalue weighted by atomic mass is 10.2. The summed E-state index contributed by atoms with van der Waals surface area (Å²) in [6, 6.07) is 5.68. The maximum atomic E-state index is 10.3. The van der Waals surface area contributed by atoms with E-state index < -0.39 is 6.16 Å².